The molecule has 0 aliphatic heterocycles. The second-order valence-corrected chi connectivity index (χ2v) is 5.10. The molecule has 4 heteroatoms. The minimum absolute atomic E-state index is 0.460. The third-order valence-electron chi connectivity index (χ3n) is 3.40. The summed E-state index contributed by atoms with van der Waals surface area (Å²) in [6.45, 7) is 8.31. The van der Waals surface area contributed by atoms with E-state index in [1.807, 2.05) is 12.1 Å². The first-order valence-electron chi connectivity index (χ1n) is 7.28. The van der Waals surface area contributed by atoms with Crippen molar-refractivity contribution >= 4 is 6.08 Å². The third kappa shape index (κ3) is 4.67. The molecule has 21 heavy (non-hydrogen) atoms. The molecule has 0 bridgehead atoms. The minimum atomic E-state index is 0.460. The Labute approximate surface area is 128 Å². The predicted octanol–water partition coefficient (Wildman–Crippen LogP) is 3.36. The van der Waals surface area contributed by atoms with Crippen LogP contribution in [0.3, 0.4) is 0 Å². The molecule has 0 saturated carbocycles. The molecule has 1 N–H and O–H groups in total. The van der Waals surface area contributed by atoms with Gasteiger partial charge in [0.2, 0.25) is 0 Å². The standard InChI is InChI=1S/C17H27NO3/c1-7-18-11-14(12(2)3)8-13-9-16(20-5)17(21-6)10-15(13)19-4/h8-10,12,18H,7,11H2,1-6H3. The molecule has 0 amide bonds. The SMILES string of the molecule is CCNCC(=Cc1cc(OC)c(OC)cc1OC)C(C)C. The molecule has 0 atom stereocenters. The fraction of sp³-hybridized carbons (Fsp3) is 0.529. The Morgan fingerprint density at radius 2 is 1.62 bits per heavy atom. The summed E-state index contributed by atoms with van der Waals surface area (Å²) in [5.41, 5.74) is 2.32. The molecule has 0 heterocycles. The lowest BCUT2D eigenvalue weighted by Gasteiger charge is -2.15. The number of hydrogen-bond donors (Lipinski definition) is 1. The number of nitrogens with one attached hydrogen (secondary N) is 1. The van der Waals surface area contributed by atoms with E-state index in [-0.39, 0.29) is 0 Å². The van der Waals surface area contributed by atoms with Gasteiger partial charge >= 0.3 is 0 Å². The van der Waals surface area contributed by atoms with Crippen LogP contribution in [0.2, 0.25) is 0 Å². The van der Waals surface area contributed by atoms with Crippen molar-refractivity contribution in [3.63, 3.8) is 0 Å². The molecule has 0 fully saturated rings. The quantitative estimate of drug-likeness (QED) is 0.798. The normalized spacial score (nSPS) is 11.7. The number of ether oxygens (including phenoxy) is 3. The van der Waals surface area contributed by atoms with E-state index >= 15 is 0 Å². The molecule has 1 rings (SSSR count). The maximum atomic E-state index is 5.47. The van der Waals surface area contributed by atoms with Crippen molar-refractivity contribution in [2.75, 3.05) is 34.4 Å². The number of hydrogen-bond acceptors (Lipinski definition) is 4. The molecule has 4 nitrogen and oxygen atoms in total. The number of methoxy groups -OCH3 is 3. The zero-order valence-corrected chi connectivity index (χ0v) is 13.9. The van der Waals surface area contributed by atoms with Crippen molar-refractivity contribution in [1.29, 1.82) is 0 Å². The first kappa shape index (κ1) is 17.4. The van der Waals surface area contributed by atoms with E-state index in [1.165, 1.54) is 5.57 Å². The van der Waals surface area contributed by atoms with Gasteiger partial charge in [-0.15, -0.1) is 0 Å². The van der Waals surface area contributed by atoms with E-state index in [4.69, 9.17) is 14.2 Å². The summed E-state index contributed by atoms with van der Waals surface area (Å²) in [6, 6.07) is 3.81. The van der Waals surface area contributed by atoms with Crippen molar-refractivity contribution in [3.8, 4) is 17.2 Å². The smallest absolute Gasteiger partial charge is 0.164 e. The molecule has 0 spiro atoms. The highest BCUT2D eigenvalue weighted by Gasteiger charge is 2.12. The van der Waals surface area contributed by atoms with E-state index in [1.54, 1.807) is 21.3 Å². The summed E-state index contributed by atoms with van der Waals surface area (Å²) in [7, 11) is 4.93. The highest BCUT2D eigenvalue weighted by molar-refractivity contribution is 5.65. The monoisotopic (exact) mass is 293 g/mol. The lowest BCUT2D eigenvalue weighted by atomic mass is 9.99. The van der Waals surface area contributed by atoms with Crippen molar-refractivity contribution in [2.45, 2.75) is 20.8 Å². The zero-order chi connectivity index (χ0) is 15.8. The summed E-state index contributed by atoms with van der Waals surface area (Å²) >= 11 is 0. The highest BCUT2D eigenvalue weighted by Crippen LogP contribution is 2.36. The summed E-state index contributed by atoms with van der Waals surface area (Å²) < 4.78 is 16.2. The van der Waals surface area contributed by atoms with Crippen LogP contribution in [0.25, 0.3) is 6.08 Å². The van der Waals surface area contributed by atoms with Gasteiger partial charge in [-0.2, -0.15) is 0 Å². The van der Waals surface area contributed by atoms with Gasteiger partial charge in [0.1, 0.15) is 5.75 Å². The van der Waals surface area contributed by atoms with Crippen LogP contribution >= 0.6 is 0 Å². The average molecular weight is 293 g/mol. The van der Waals surface area contributed by atoms with Gasteiger partial charge in [0.25, 0.3) is 0 Å². The maximum Gasteiger partial charge on any atom is 0.164 e. The van der Waals surface area contributed by atoms with E-state index in [0.717, 1.165) is 24.4 Å². The fourth-order valence-corrected chi connectivity index (χ4v) is 2.06. The molecule has 0 aliphatic carbocycles. The van der Waals surface area contributed by atoms with Gasteiger partial charge < -0.3 is 19.5 Å². The topological polar surface area (TPSA) is 39.7 Å². The lowest BCUT2D eigenvalue weighted by molar-refractivity contribution is 0.348. The van der Waals surface area contributed by atoms with Crippen LogP contribution in [0.4, 0.5) is 0 Å². The van der Waals surface area contributed by atoms with Crippen molar-refractivity contribution in [3.05, 3.63) is 23.3 Å². The Hall–Kier alpha value is -1.68. The average Bonchev–Trinajstić information content (AvgIpc) is 2.50. The second-order valence-electron chi connectivity index (χ2n) is 5.10. The Morgan fingerprint density at radius 3 is 2.10 bits per heavy atom. The van der Waals surface area contributed by atoms with E-state index in [0.29, 0.717) is 17.4 Å². The first-order valence-corrected chi connectivity index (χ1v) is 7.28. The molecular formula is C17H27NO3. The van der Waals surface area contributed by atoms with E-state index in [2.05, 4.69) is 32.2 Å². The van der Waals surface area contributed by atoms with Crippen LogP contribution in [0, 0.1) is 5.92 Å². The maximum absolute atomic E-state index is 5.47. The Balaban J connectivity index is 3.25. The van der Waals surface area contributed by atoms with Crippen LogP contribution in [-0.4, -0.2) is 34.4 Å². The number of benzene rings is 1. The summed E-state index contributed by atoms with van der Waals surface area (Å²) in [5, 5.41) is 3.37. The molecule has 0 radical (unpaired) electrons. The number of likely N-dealkylation sites (N-methyl/N-ethyl adjacent to an activating group) is 1. The lowest BCUT2D eigenvalue weighted by Crippen LogP contribution is -2.18. The predicted molar refractivity (Wildman–Crippen MR) is 87.5 cm³/mol. The Morgan fingerprint density at radius 1 is 1.05 bits per heavy atom. The highest BCUT2D eigenvalue weighted by atomic mass is 16.5. The van der Waals surface area contributed by atoms with Crippen LogP contribution in [0.15, 0.2) is 17.7 Å². The summed E-state index contributed by atoms with van der Waals surface area (Å²) in [4.78, 5) is 0. The first-order chi connectivity index (χ1) is 10.1. The Kier molecular flexibility index (Phi) is 7.09. The van der Waals surface area contributed by atoms with Gasteiger partial charge in [0.15, 0.2) is 11.5 Å². The van der Waals surface area contributed by atoms with Gasteiger partial charge in [0.05, 0.1) is 21.3 Å². The van der Waals surface area contributed by atoms with E-state index in [9.17, 15) is 0 Å². The molecule has 1 aromatic carbocycles. The molecule has 118 valence electrons. The fourth-order valence-electron chi connectivity index (χ4n) is 2.06. The molecule has 0 aliphatic rings. The second kappa shape index (κ2) is 8.57. The van der Waals surface area contributed by atoms with Gasteiger partial charge in [-0.25, -0.2) is 0 Å². The van der Waals surface area contributed by atoms with Gasteiger partial charge in [-0.3, -0.25) is 0 Å². The minimum Gasteiger partial charge on any atom is -0.496 e. The van der Waals surface area contributed by atoms with Crippen LogP contribution in [-0.2, 0) is 0 Å². The molecule has 0 saturated heterocycles. The van der Waals surface area contributed by atoms with Crippen molar-refractivity contribution < 1.29 is 14.2 Å². The summed E-state index contributed by atoms with van der Waals surface area (Å²) in [6.07, 6.45) is 2.16. The third-order valence-corrected chi connectivity index (χ3v) is 3.40. The molecule has 0 aromatic heterocycles. The van der Waals surface area contributed by atoms with E-state index < -0.39 is 0 Å². The Bertz CT molecular complexity index is 481. The molecule has 1 aromatic rings. The van der Waals surface area contributed by atoms with Crippen LogP contribution < -0.4 is 19.5 Å². The largest absolute Gasteiger partial charge is 0.496 e. The van der Waals surface area contributed by atoms with Gasteiger partial charge in [0, 0.05) is 18.2 Å². The number of rotatable bonds is 8. The summed E-state index contributed by atoms with van der Waals surface area (Å²) in [5.74, 6) is 2.62. The van der Waals surface area contributed by atoms with Crippen molar-refractivity contribution in [1.82, 2.24) is 5.32 Å². The van der Waals surface area contributed by atoms with Crippen molar-refractivity contribution in [2.24, 2.45) is 5.92 Å². The molecular weight excluding hydrogens is 266 g/mol. The zero-order valence-electron chi connectivity index (χ0n) is 13.9. The van der Waals surface area contributed by atoms with Gasteiger partial charge in [-0.1, -0.05) is 32.4 Å². The molecule has 0 unspecified atom stereocenters. The van der Waals surface area contributed by atoms with Gasteiger partial charge in [-0.05, 0) is 18.5 Å². The van der Waals surface area contributed by atoms with Crippen LogP contribution in [0.5, 0.6) is 17.2 Å². The van der Waals surface area contributed by atoms with Crippen LogP contribution in [0.1, 0.15) is 26.3 Å².